The van der Waals surface area contributed by atoms with Crippen LogP contribution in [0.4, 0.5) is 5.69 Å². The number of para-hydroxylation sites is 1. The van der Waals surface area contributed by atoms with Crippen LogP contribution in [0.1, 0.15) is 26.7 Å². The van der Waals surface area contributed by atoms with Crippen LogP contribution in [0.5, 0.6) is 0 Å². The summed E-state index contributed by atoms with van der Waals surface area (Å²) in [6, 6.07) is 7.82. The first-order chi connectivity index (χ1) is 9.04. The number of hydrogen-bond donors (Lipinski definition) is 3. The van der Waals surface area contributed by atoms with Gasteiger partial charge in [-0.3, -0.25) is 14.9 Å². The molecule has 0 aliphatic carbocycles. The van der Waals surface area contributed by atoms with Gasteiger partial charge in [-0.15, -0.1) is 0 Å². The standard InChI is InChI=1S/C14H20N2O3/c1-3-7-12(14(18)19)15-10(2)13(17)16-11-8-5-4-6-9-11/h4-6,8-10,12,15H,3,7H2,1-2H3,(H,16,17)(H,18,19). The van der Waals surface area contributed by atoms with Crippen LogP contribution in [0, 0.1) is 0 Å². The Morgan fingerprint density at radius 1 is 1.26 bits per heavy atom. The molecule has 104 valence electrons. The number of amides is 1. The molecule has 2 atom stereocenters. The smallest absolute Gasteiger partial charge is 0.320 e. The minimum absolute atomic E-state index is 0.242. The van der Waals surface area contributed by atoms with Crippen LogP contribution < -0.4 is 10.6 Å². The Morgan fingerprint density at radius 2 is 1.89 bits per heavy atom. The normalized spacial score (nSPS) is 13.6. The molecule has 0 bridgehead atoms. The predicted molar refractivity (Wildman–Crippen MR) is 74.0 cm³/mol. The van der Waals surface area contributed by atoms with Crippen molar-refractivity contribution in [3.63, 3.8) is 0 Å². The van der Waals surface area contributed by atoms with Crippen LogP contribution in [0.2, 0.25) is 0 Å². The van der Waals surface area contributed by atoms with Gasteiger partial charge >= 0.3 is 5.97 Å². The van der Waals surface area contributed by atoms with Gasteiger partial charge in [0.05, 0.1) is 6.04 Å². The minimum Gasteiger partial charge on any atom is -0.480 e. The molecule has 0 aliphatic heterocycles. The van der Waals surface area contributed by atoms with Crippen LogP contribution in [0.3, 0.4) is 0 Å². The number of anilines is 1. The molecule has 5 nitrogen and oxygen atoms in total. The lowest BCUT2D eigenvalue weighted by atomic mass is 10.1. The average molecular weight is 264 g/mol. The van der Waals surface area contributed by atoms with Gasteiger partial charge in [-0.2, -0.15) is 0 Å². The number of carbonyl (C=O) groups excluding carboxylic acids is 1. The lowest BCUT2D eigenvalue weighted by molar-refractivity contribution is -0.140. The fourth-order valence-electron chi connectivity index (χ4n) is 1.72. The molecule has 1 aromatic carbocycles. The highest BCUT2D eigenvalue weighted by Crippen LogP contribution is 2.06. The van der Waals surface area contributed by atoms with Gasteiger partial charge in [0.15, 0.2) is 0 Å². The summed E-state index contributed by atoms with van der Waals surface area (Å²) in [6.45, 7) is 3.57. The molecule has 0 aromatic heterocycles. The maximum atomic E-state index is 11.9. The van der Waals surface area contributed by atoms with Crippen molar-refractivity contribution in [2.45, 2.75) is 38.8 Å². The molecule has 0 saturated heterocycles. The molecule has 0 radical (unpaired) electrons. The molecule has 2 unspecified atom stereocenters. The monoisotopic (exact) mass is 264 g/mol. The van der Waals surface area contributed by atoms with Crippen molar-refractivity contribution in [2.75, 3.05) is 5.32 Å². The van der Waals surface area contributed by atoms with Crippen molar-refractivity contribution >= 4 is 17.6 Å². The number of carboxylic acid groups (broad SMARTS) is 1. The van der Waals surface area contributed by atoms with Gasteiger partial charge in [0, 0.05) is 5.69 Å². The number of carbonyl (C=O) groups is 2. The van der Waals surface area contributed by atoms with Crippen LogP contribution in [0.15, 0.2) is 30.3 Å². The maximum absolute atomic E-state index is 11.9. The molecule has 0 heterocycles. The van der Waals surface area contributed by atoms with Gasteiger partial charge < -0.3 is 10.4 Å². The van der Waals surface area contributed by atoms with E-state index in [1.165, 1.54) is 0 Å². The molecule has 0 saturated carbocycles. The summed E-state index contributed by atoms with van der Waals surface area (Å²) < 4.78 is 0. The second-order valence-corrected chi connectivity index (χ2v) is 4.42. The zero-order valence-corrected chi connectivity index (χ0v) is 11.2. The van der Waals surface area contributed by atoms with Crippen molar-refractivity contribution in [3.05, 3.63) is 30.3 Å². The molecule has 0 spiro atoms. The average Bonchev–Trinajstić information content (AvgIpc) is 2.39. The van der Waals surface area contributed by atoms with Crippen molar-refractivity contribution in [3.8, 4) is 0 Å². The van der Waals surface area contributed by atoms with Gasteiger partial charge in [-0.05, 0) is 25.5 Å². The Hall–Kier alpha value is -1.88. The van der Waals surface area contributed by atoms with Gasteiger partial charge in [0.25, 0.3) is 0 Å². The highest BCUT2D eigenvalue weighted by atomic mass is 16.4. The molecular formula is C14H20N2O3. The number of benzene rings is 1. The number of nitrogens with one attached hydrogen (secondary N) is 2. The Balaban J connectivity index is 2.54. The number of rotatable bonds is 7. The van der Waals surface area contributed by atoms with Crippen molar-refractivity contribution in [2.24, 2.45) is 0 Å². The van der Waals surface area contributed by atoms with Crippen LogP contribution in [-0.2, 0) is 9.59 Å². The van der Waals surface area contributed by atoms with E-state index in [1.54, 1.807) is 19.1 Å². The lowest BCUT2D eigenvalue weighted by Gasteiger charge is -2.19. The summed E-state index contributed by atoms with van der Waals surface area (Å²) in [5, 5.41) is 14.6. The van der Waals surface area contributed by atoms with Crippen LogP contribution >= 0.6 is 0 Å². The summed E-state index contributed by atoms with van der Waals surface area (Å²) in [4.78, 5) is 22.9. The molecule has 1 aromatic rings. The third kappa shape index (κ3) is 5.09. The zero-order valence-electron chi connectivity index (χ0n) is 11.2. The summed E-state index contributed by atoms with van der Waals surface area (Å²) in [5.74, 6) is -1.17. The fourth-order valence-corrected chi connectivity index (χ4v) is 1.72. The minimum atomic E-state index is -0.929. The van der Waals surface area contributed by atoms with Gasteiger partial charge in [-0.1, -0.05) is 31.5 Å². The molecule has 19 heavy (non-hydrogen) atoms. The number of carboxylic acids is 1. The first-order valence-electron chi connectivity index (χ1n) is 6.39. The third-order valence-corrected chi connectivity index (χ3v) is 2.76. The molecule has 5 heteroatoms. The van der Waals surface area contributed by atoms with E-state index >= 15 is 0 Å². The highest BCUT2D eigenvalue weighted by Gasteiger charge is 2.22. The lowest BCUT2D eigenvalue weighted by Crippen LogP contribution is -2.47. The van der Waals surface area contributed by atoms with Crippen molar-refractivity contribution in [1.82, 2.24) is 5.32 Å². The van der Waals surface area contributed by atoms with Crippen LogP contribution in [-0.4, -0.2) is 29.1 Å². The number of aliphatic carboxylic acids is 1. The molecule has 3 N–H and O–H groups in total. The fraction of sp³-hybridized carbons (Fsp3) is 0.429. The second kappa shape index (κ2) is 7.53. The van der Waals surface area contributed by atoms with E-state index in [-0.39, 0.29) is 5.91 Å². The zero-order chi connectivity index (χ0) is 14.3. The van der Waals surface area contributed by atoms with E-state index in [0.29, 0.717) is 12.1 Å². The first kappa shape index (κ1) is 15.2. The Morgan fingerprint density at radius 3 is 2.42 bits per heavy atom. The Kier molecular flexibility index (Phi) is 6.02. The van der Waals surface area contributed by atoms with E-state index in [2.05, 4.69) is 10.6 Å². The van der Waals surface area contributed by atoms with Crippen molar-refractivity contribution < 1.29 is 14.7 Å². The predicted octanol–water partition coefficient (Wildman–Crippen LogP) is 1.86. The molecular weight excluding hydrogens is 244 g/mol. The quantitative estimate of drug-likeness (QED) is 0.702. The molecule has 1 rings (SSSR count). The largest absolute Gasteiger partial charge is 0.480 e. The molecule has 0 aliphatic rings. The Labute approximate surface area is 113 Å². The van der Waals surface area contributed by atoms with E-state index in [9.17, 15) is 9.59 Å². The van der Waals surface area contributed by atoms with E-state index < -0.39 is 18.1 Å². The van der Waals surface area contributed by atoms with Crippen LogP contribution in [0.25, 0.3) is 0 Å². The maximum Gasteiger partial charge on any atom is 0.320 e. The molecule has 0 fully saturated rings. The second-order valence-electron chi connectivity index (χ2n) is 4.42. The summed E-state index contributed by atoms with van der Waals surface area (Å²) in [5.41, 5.74) is 0.698. The summed E-state index contributed by atoms with van der Waals surface area (Å²) in [6.07, 6.45) is 1.25. The van der Waals surface area contributed by atoms with Gasteiger partial charge in [0.2, 0.25) is 5.91 Å². The third-order valence-electron chi connectivity index (χ3n) is 2.76. The van der Waals surface area contributed by atoms with E-state index in [4.69, 9.17) is 5.11 Å². The topological polar surface area (TPSA) is 78.4 Å². The Bertz CT molecular complexity index is 420. The highest BCUT2D eigenvalue weighted by molar-refractivity contribution is 5.94. The van der Waals surface area contributed by atoms with Gasteiger partial charge in [0.1, 0.15) is 6.04 Å². The van der Waals surface area contributed by atoms with E-state index in [1.807, 2.05) is 25.1 Å². The number of hydrogen-bond acceptors (Lipinski definition) is 3. The summed E-state index contributed by atoms with van der Waals surface area (Å²) >= 11 is 0. The van der Waals surface area contributed by atoms with Crippen molar-refractivity contribution in [1.29, 1.82) is 0 Å². The summed E-state index contributed by atoms with van der Waals surface area (Å²) in [7, 11) is 0. The van der Waals surface area contributed by atoms with E-state index in [0.717, 1.165) is 6.42 Å². The molecule has 1 amide bonds. The first-order valence-corrected chi connectivity index (χ1v) is 6.39. The van der Waals surface area contributed by atoms with Gasteiger partial charge in [-0.25, -0.2) is 0 Å². The SMILES string of the molecule is CCCC(NC(C)C(=O)Nc1ccccc1)C(=O)O.